The van der Waals surface area contributed by atoms with Crippen molar-refractivity contribution in [2.75, 3.05) is 17.2 Å². The molecule has 0 spiro atoms. The molecular formula is C19H20F3N5O2. The first-order valence-corrected chi connectivity index (χ1v) is 9.20. The van der Waals surface area contributed by atoms with Gasteiger partial charge in [-0.3, -0.25) is 10.1 Å². The number of nitrogens with zero attached hydrogens (tertiary/aromatic N) is 3. The van der Waals surface area contributed by atoms with Crippen molar-refractivity contribution < 1.29 is 18.1 Å². The number of aromatic nitrogens is 2. The zero-order chi connectivity index (χ0) is 20.9. The molecule has 1 aromatic heterocycles. The number of rotatable bonds is 7. The Balaban J connectivity index is 1.82. The van der Waals surface area contributed by atoms with Crippen molar-refractivity contribution in [2.45, 2.75) is 38.3 Å². The minimum Gasteiger partial charge on any atom is -0.364 e. The maximum Gasteiger partial charge on any atom is 0.418 e. The van der Waals surface area contributed by atoms with Gasteiger partial charge in [0.15, 0.2) is 0 Å². The molecule has 0 radical (unpaired) electrons. The molecule has 2 aromatic rings. The van der Waals surface area contributed by atoms with Crippen LogP contribution in [0.4, 0.5) is 36.2 Å². The van der Waals surface area contributed by atoms with E-state index < -0.39 is 22.4 Å². The predicted molar refractivity (Wildman–Crippen MR) is 103 cm³/mol. The average Bonchev–Trinajstić information content (AvgIpc) is 2.68. The summed E-state index contributed by atoms with van der Waals surface area (Å²) in [6.07, 6.45) is 3.72. The highest BCUT2D eigenvalue weighted by molar-refractivity contribution is 5.75. The molecule has 2 N–H and O–H groups in total. The first-order valence-electron chi connectivity index (χ1n) is 9.20. The van der Waals surface area contributed by atoms with Crippen LogP contribution < -0.4 is 10.6 Å². The summed E-state index contributed by atoms with van der Waals surface area (Å²) < 4.78 is 39.6. The van der Waals surface area contributed by atoms with E-state index in [1.807, 2.05) is 0 Å². The van der Waals surface area contributed by atoms with Gasteiger partial charge in [-0.15, -0.1) is 0 Å². The average molecular weight is 407 g/mol. The number of anilines is 3. The number of nitrogens with one attached hydrogen (secondary N) is 2. The molecule has 1 aliphatic carbocycles. The third-order valence-corrected chi connectivity index (χ3v) is 4.61. The van der Waals surface area contributed by atoms with Crippen LogP contribution in [0.25, 0.3) is 0 Å². The van der Waals surface area contributed by atoms with E-state index in [4.69, 9.17) is 0 Å². The Bertz CT molecular complexity index is 915. The Morgan fingerprint density at radius 3 is 2.59 bits per heavy atom. The van der Waals surface area contributed by atoms with Gasteiger partial charge in [-0.1, -0.05) is 23.8 Å². The predicted octanol–water partition coefficient (Wildman–Crippen LogP) is 5.45. The molecule has 1 aliphatic rings. The number of halogens is 3. The van der Waals surface area contributed by atoms with E-state index in [0.717, 1.165) is 38.1 Å². The van der Waals surface area contributed by atoms with E-state index in [9.17, 15) is 23.3 Å². The van der Waals surface area contributed by atoms with Crippen molar-refractivity contribution in [3.63, 3.8) is 0 Å². The van der Waals surface area contributed by atoms with Gasteiger partial charge in [0.25, 0.3) is 0 Å². The van der Waals surface area contributed by atoms with Gasteiger partial charge in [0.05, 0.1) is 16.2 Å². The monoisotopic (exact) mass is 407 g/mol. The minimum atomic E-state index is -4.61. The van der Waals surface area contributed by atoms with E-state index in [-0.39, 0.29) is 17.3 Å². The van der Waals surface area contributed by atoms with E-state index in [1.165, 1.54) is 30.2 Å². The van der Waals surface area contributed by atoms with E-state index in [2.05, 4.69) is 26.7 Å². The highest BCUT2D eigenvalue weighted by Crippen LogP contribution is 2.38. The minimum absolute atomic E-state index is 0.0339. The molecule has 3 rings (SSSR count). The van der Waals surface area contributed by atoms with Crippen molar-refractivity contribution in [1.29, 1.82) is 0 Å². The zero-order valence-corrected chi connectivity index (χ0v) is 15.5. The molecule has 1 heterocycles. The van der Waals surface area contributed by atoms with Crippen molar-refractivity contribution in [3.8, 4) is 0 Å². The number of nitro groups is 1. The maximum absolute atomic E-state index is 13.2. The highest BCUT2D eigenvalue weighted by Gasteiger charge is 2.34. The molecule has 0 atom stereocenters. The SMILES string of the molecule is O=[N+]([O-])c1c(NCCC2=CCCCC2)ncnc1Nc1ccccc1C(F)(F)F. The van der Waals surface area contributed by atoms with Crippen LogP contribution in [-0.4, -0.2) is 21.4 Å². The number of alkyl halides is 3. The van der Waals surface area contributed by atoms with Crippen LogP contribution in [0.3, 0.4) is 0 Å². The van der Waals surface area contributed by atoms with Gasteiger partial charge in [-0.2, -0.15) is 13.2 Å². The van der Waals surface area contributed by atoms with Gasteiger partial charge >= 0.3 is 11.9 Å². The van der Waals surface area contributed by atoms with Crippen LogP contribution in [0.5, 0.6) is 0 Å². The molecule has 10 heteroatoms. The Morgan fingerprint density at radius 1 is 1.14 bits per heavy atom. The second kappa shape index (κ2) is 8.89. The Hall–Kier alpha value is -3.17. The lowest BCUT2D eigenvalue weighted by molar-refractivity contribution is -0.383. The summed E-state index contributed by atoms with van der Waals surface area (Å²) in [7, 11) is 0. The highest BCUT2D eigenvalue weighted by atomic mass is 19.4. The molecule has 0 saturated carbocycles. The molecule has 0 amide bonds. The number of hydrogen-bond acceptors (Lipinski definition) is 6. The Labute approximate surface area is 165 Å². The number of benzene rings is 1. The van der Waals surface area contributed by atoms with Crippen molar-refractivity contribution >= 4 is 23.0 Å². The fourth-order valence-corrected chi connectivity index (χ4v) is 3.21. The Morgan fingerprint density at radius 2 is 1.90 bits per heavy atom. The molecule has 1 aromatic carbocycles. The lowest BCUT2D eigenvalue weighted by atomic mass is 9.97. The van der Waals surface area contributed by atoms with Gasteiger partial charge in [-0.05, 0) is 44.2 Å². The first kappa shape index (κ1) is 20.6. The molecule has 154 valence electrons. The fraction of sp³-hybridized carbons (Fsp3) is 0.368. The summed E-state index contributed by atoms with van der Waals surface area (Å²) in [4.78, 5) is 18.6. The lowest BCUT2D eigenvalue weighted by Crippen LogP contribution is -2.12. The molecular weight excluding hydrogens is 387 g/mol. The normalized spacial score (nSPS) is 14.2. The molecule has 29 heavy (non-hydrogen) atoms. The van der Waals surface area contributed by atoms with Crippen LogP contribution in [0.1, 0.15) is 37.7 Å². The van der Waals surface area contributed by atoms with E-state index in [1.54, 1.807) is 0 Å². The van der Waals surface area contributed by atoms with Crippen molar-refractivity contribution in [1.82, 2.24) is 9.97 Å². The molecule has 0 bridgehead atoms. The number of hydrogen-bond donors (Lipinski definition) is 2. The third-order valence-electron chi connectivity index (χ3n) is 4.61. The maximum atomic E-state index is 13.2. The van der Waals surface area contributed by atoms with E-state index >= 15 is 0 Å². The summed E-state index contributed by atoms with van der Waals surface area (Å²) in [5.41, 5.74) is -0.466. The van der Waals surface area contributed by atoms with Gasteiger partial charge < -0.3 is 10.6 Å². The largest absolute Gasteiger partial charge is 0.418 e. The third kappa shape index (κ3) is 5.21. The summed E-state index contributed by atoms with van der Waals surface area (Å²) in [6, 6.07) is 4.74. The number of allylic oxidation sites excluding steroid dienone is 1. The van der Waals surface area contributed by atoms with Crippen LogP contribution in [-0.2, 0) is 6.18 Å². The molecule has 7 nitrogen and oxygen atoms in total. The fourth-order valence-electron chi connectivity index (χ4n) is 3.21. The standard InChI is InChI=1S/C19H20F3N5O2/c20-19(21,22)14-8-4-5-9-15(14)26-18-16(27(28)29)17(24-12-25-18)23-11-10-13-6-2-1-3-7-13/h4-6,8-9,12H,1-3,7,10-11H2,(H2,23,24,25,26). The quantitative estimate of drug-likeness (QED) is 0.360. The van der Waals surface area contributed by atoms with Gasteiger partial charge in [0.1, 0.15) is 6.33 Å². The molecule has 0 fully saturated rings. The number of para-hydroxylation sites is 1. The summed E-state index contributed by atoms with van der Waals surface area (Å²) in [5, 5.41) is 17.0. The second-order valence-corrected chi connectivity index (χ2v) is 6.63. The van der Waals surface area contributed by atoms with Gasteiger partial charge in [0, 0.05) is 6.54 Å². The van der Waals surface area contributed by atoms with Crippen LogP contribution in [0.15, 0.2) is 42.2 Å². The zero-order valence-electron chi connectivity index (χ0n) is 15.5. The van der Waals surface area contributed by atoms with Gasteiger partial charge in [0.2, 0.25) is 11.6 Å². The Kier molecular flexibility index (Phi) is 6.30. The lowest BCUT2D eigenvalue weighted by Gasteiger charge is -2.15. The van der Waals surface area contributed by atoms with E-state index in [0.29, 0.717) is 6.54 Å². The van der Waals surface area contributed by atoms with Crippen LogP contribution in [0.2, 0.25) is 0 Å². The first-order chi connectivity index (χ1) is 13.9. The summed E-state index contributed by atoms with van der Waals surface area (Å²) >= 11 is 0. The van der Waals surface area contributed by atoms with Gasteiger partial charge in [-0.25, -0.2) is 9.97 Å². The van der Waals surface area contributed by atoms with Crippen molar-refractivity contribution in [3.05, 3.63) is 57.9 Å². The summed E-state index contributed by atoms with van der Waals surface area (Å²) in [5.74, 6) is -0.338. The van der Waals surface area contributed by atoms with Crippen molar-refractivity contribution in [2.24, 2.45) is 0 Å². The second-order valence-electron chi connectivity index (χ2n) is 6.63. The summed E-state index contributed by atoms with van der Waals surface area (Å²) in [6.45, 7) is 0.433. The smallest absolute Gasteiger partial charge is 0.364 e. The van der Waals surface area contributed by atoms with Crippen LogP contribution in [0, 0.1) is 10.1 Å². The van der Waals surface area contributed by atoms with Crippen LogP contribution >= 0.6 is 0 Å². The topological polar surface area (TPSA) is 93.0 Å². The molecule has 0 aliphatic heterocycles. The molecule has 0 unspecified atom stereocenters. The molecule has 0 saturated heterocycles.